The number of nitrogens with one attached hydrogen (secondary N) is 1. The highest BCUT2D eigenvalue weighted by Crippen LogP contribution is 2.35. The average Bonchev–Trinajstić information content (AvgIpc) is 3.58. The quantitative estimate of drug-likeness (QED) is 0.464. The molecule has 0 spiro atoms. The topological polar surface area (TPSA) is 116 Å². The minimum absolute atomic E-state index is 0.0361. The molecule has 3 heterocycles. The maximum absolute atomic E-state index is 13.8. The second kappa shape index (κ2) is 9.67. The van der Waals surface area contributed by atoms with E-state index in [-0.39, 0.29) is 19.9 Å². The third-order valence-electron chi connectivity index (χ3n) is 6.65. The van der Waals surface area contributed by atoms with Crippen molar-refractivity contribution in [2.45, 2.75) is 12.6 Å². The van der Waals surface area contributed by atoms with Crippen LogP contribution in [0.15, 0.2) is 60.7 Å². The Morgan fingerprint density at radius 3 is 2.59 bits per heavy atom. The molecule has 0 bridgehead atoms. The summed E-state index contributed by atoms with van der Waals surface area (Å²) >= 11 is 0. The Morgan fingerprint density at radius 2 is 1.77 bits per heavy atom. The van der Waals surface area contributed by atoms with Gasteiger partial charge >= 0.3 is 11.9 Å². The number of methoxy groups -OCH3 is 2. The molecule has 0 aromatic heterocycles. The van der Waals surface area contributed by atoms with Crippen molar-refractivity contribution in [2.75, 3.05) is 32.9 Å². The number of ether oxygens (including phenoxy) is 5. The van der Waals surface area contributed by atoms with Gasteiger partial charge < -0.3 is 29.0 Å². The smallest absolute Gasteiger partial charge is 0.493 e. The van der Waals surface area contributed by atoms with E-state index in [0.29, 0.717) is 51.3 Å². The molecule has 3 aromatic rings. The van der Waals surface area contributed by atoms with Gasteiger partial charge in [0.25, 0.3) is 12.0 Å². The van der Waals surface area contributed by atoms with Crippen LogP contribution in [0.1, 0.15) is 11.1 Å². The molecule has 1 unspecified atom stereocenters. The highest BCUT2D eigenvalue weighted by atomic mass is 16.7. The van der Waals surface area contributed by atoms with Crippen molar-refractivity contribution in [2.24, 2.45) is 0 Å². The largest absolute Gasteiger partial charge is 0.501 e. The first-order chi connectivity index (χ1) is 19.0. The summed E-state index contributed by atoms with van der Waals surface area (Å²) in [7, 11) is 3.01. The van der Waals surface area contributed by atoms with E-state index in [1.165, 1.54) is 18.8 Å². The number of carbonyl (C=O) groups excluding carboxylic acids is 3. The van der Waals surface area contributed by atoms with Gasteiger partial charge in [-0.05, 0) is 42.0 Å². The fourth-order valence-corrected chi connectivity index (χ4v) is 4.82. The van der Waals surface area contributed by atoms with Gasteiger partial charge in [-0.2, -0.15) is 14.3 Å². The molecule has 11 heteroatoms. The van der Waals surface area contributed by atoms with E-state index < -0.39 is 23.9 Å². The van der Waals surface area contributed by atoms with Gasteiger partial charge in [0.05, 0.1) is 19.8 Å². The molecular weight excluding hydrogens is 506 g/mol. The van der Waals surface area contributed by atoms with Gasteiger partial charge in [0.2, 0.25) is 6.79 Å². The Bertz CT molecular complexity index is 1550. The minimum Gasteiger partial charge on any atom is -0.493 e. The summed E-state index contributed by atoms with van der Waals surface area (Å²) in [6.07, 6.45) is -1.07. The molecular formula is C28H24N3O8+. The number of hydrogen-bond acceptors (Lipinski definition) is 8. The molecule has 1 N–H and O–H groups in total. The Labute approximate surface area is 223 Å². The van der Waals surface area contributed by atoms with Crippen molar-refractivity contribution < 1.29 is 42.6 Å². The minimum atomic E-state index is -1.07. The van der Waals surface area contributed by atoms with Crippen LogP contribution in [0.25, 0.3) is 0 Å². The average molecular weight is 531 g/mol. The molecule has 0 radical (unpaired) electrons. The Balaban J connectivity index is 1.32. The van der Waals surface area contributed by atoms with Crippen molar-refractivity contribution in [1.82, 2.24) is 4.90 Å². The van der Waals surface area contributed by atoms with Gasteiger partial charge in [0.15, 0.2) is 35.3 Å². The molecule has 3 aliphatic rings. The number of nitrogens with zero attached hydrogens (tertiary/aromatic N) is 2. The van der Waals surface area contributed by atoms with Gasteiger partial charge in [0, 0.05) is 11.8 Å². The van der Waals surface area contributed by atoms with Crippen LogP contribution in [0.4, 0.5) is 10.5 Å². The molecule has 0 saturated heterocycles. The number of urea groups is 1. The van der Waals surface area contributed by atoms with Crippen molar-refractivity contribution in [3.63, 3.8) is 0 Å². The number of anilines is 1. The van der Waals surface area contributed by atoms with Crippen LogP contribution in [0.5, 0.6) is 28.7 Å². The number of benzene rings is 3. The summed E-state index contributed by atoms with van der Waals surface area (Å²) < 4.78 is 28.6. The van der Waals surface area contributed by atoms with Gasteiger partial charge in [-0.1, -0.05) is 18.2 Å². The number of fused-ring (bicyclic) bond motifs is 4. The maximum atomic E-state index is 13.8. The van der Waals surface area contributed by atoms with E-state index in [1.807, 2.05) is 0 Å². The van der Waals surface area contributed by atoms with E-state index in [0.717, 1.165) is 4.90 Å². The molecule has 198 valence electrons. The summed E-state index contributed by atoms with van der Waals surface area (Å²) in [6.45, 7) is -0.275. The second-order valence-corrected chi connectivity index (χ2v) is 8.98. The molecule has 1 atom stereocenters. The van der Waals surface area contributed by atoms with Crippen LogP contribution < -0.4 is 29.0 Å². The maximum Gasteiger partial charge on any atom is 0.501 e. The molecule has 6 rings (SSSR count). The predicted molar refractivity (Wildman–Crippen MR) is 137 cm³/mol. The van der Waals surface area contributed by atoms with Crippen LogP contribution in [-0.2, 0) is 16.1 Å². The third kappa shape index (κ3) is 4.27. The molecule has 4 amide bonds. The standard InChI is InChI=1S/C28H23N3O8/c1-35-20-10-8-17(12-22(20)36-2)29-24(32)14-30-25-18-5-3-4-6-19(18)39-26(25)27(33)31(28(30)34)13-16-7-9-21-23(11-16)38-15-37-21/h3-12,26H,13-15H2,1-2H3/p+1. The lowest BCUT2D eigenvalue weighted by atomic mass is 10.0. The molecule has 0 fully saturated rings. The van der Waals surface area contributed by atoms with E-state index in [9.17, 15) is 14.4 Å². The lowest BCUT2D eigenvalue weighted by Crippen LogP contribution is -2.58. The zero-order valence-electron chi connectivity index (χ0n) is 21.1. The molecule has 0 saturated carbocycles. The SMILES string of the molecule is COc1ccc(NC(=O)C[N+]2=C3c4ccccc4OC3C(=O)N(Cc3ccc4c(c3)OCO4)C2=O)cc1OC. The molecule has 39 heavy (non-hydrogen) atoms. The number of rotatable bonds is 7. The number of imide groups is 1. The first-order valence-corrected chi connectivity index (χ1v) is 12.1. The van der Waals surface area contributed by atoms with E-state index >= 15 is 0 Å². The first-order valence-electron chi connectivity index (χ1n) is 12.1. The summed E-state index contributed by atoms with van der Waals surface area (Å²) in [6, 6.07) is 16.6. The van der Waals surface area contributed by atoms with Crippen molar-refractivity contribution in [3.8, 4) is 28.7 Å². The van der Waals surface area contributed by atoms with Gasteiger partial charge in [-0.15, -0.1) is 0 Å². The Morgan fingerprint density at radius 1 is 0.974 bits per heavy atom. The van der Waals surface area contributed by atoms with Crippen molar-refractivity contribution in [1.29, 1.82) is 0 Å². The van der Waals surface area contributed by atoms with E-state index in [4.69, 9.17) is 23.7 Å². The van der Waals surface area contributed by atoms with Crippen LogP contribution in [0.2, 0.25) is 0 Å². The summed E-state index contributed by atoms with van der Waals surface area (Å²) in [5, 5.41) is 2.79. The summed E-state index contributed by atoms with van der Waals surface area (Å²) in [5.74, 6) is 1.56. The van der Waals surface area contributed by atoms with Crippen LogP contribution in [-0.4, -0.2) is 66.7 Å². The highest BCUT2D eigenvalue weighted by molar-refractivity contribution is 6.22. The van der Waals surface area contributed by atoms with Crippen molar-refractivity contribution in [3.05, 3.63) is 71.8 Å². The van der Waals surface area contributed by atoms with Gasteiger partial charge in [-0.3, -0.25) is 4.79 Å². The number of para-hydroxylation sites is 1. The second-order valence-electron chi connectivity index (χ2n) is 8.98. The monoisotopic (exact) mass is 530 g/mol. The van der Waals surface area contributed by atoms with E-state index in [2.05, 4.69) is 5.32 Å². The summed E-state index contributed by atoms with van der Waals surface area (Å²) in [4.78, 5) is 41.6. The predicted octanol–water partition coefficient (Wildman–Crippen LogP) is 2.80. The Hall–Kier alpha value is -5.06. The fourth-order valence-electron chi connectivity index (χ4n) is 4.82. The van der Waals surface area contributed by atoms with E-state index in [1.54, 1.807) is 60.7 Å². The normalized spacial score (nSPS) is 17.0. The lowest BCUT2D eigenvalue weighted by Gasteiger charge is -2.24. The molecule has 3 aliphatic heterocycles. The molecule has 0 aliphatic carbocycles. The number of carbonyl (C=O) groups is 3. The zero-order chi connectivity index (χ0) is 27.1. The zero-order valence-corrected chi connectivity index (χ0v) is 21.1. The Kier molecular flexibility index (Phi) is 6.02. The number of amides is 4. The molecule has 3 aromatic carbocycles. The molecule has 11 nitrogen and oxygen atoms in total. The first kappa shape index (κ1) is 24.3. The van der Waals surface area contributed by atoms with Gasteiger partial charge in [0.1, 0.15) is 12.3 Å². The lowest BCUT2D eigenvalue weighted by molar-refractivity contribution is -0.428. The highest BCUT2D eigenvalue weighted by Gasteiger charge is 2.54. The fraction of sp³-hybridized carbons (Fsp3) is 0.214. The third-order valence-corrected chi connectivity index (χ3v) is 6.65. The van der Waals surface area contributed by atoms with Gasteiger partial charge in [-0.25, -0.2) is 4.79 Å². The van der Waals surface area contributed by atoms with Crippen LogP contribution in [0, 0.1) is 0 Å². The van der Waals surface area contributed by atoms with Crippen LogP contribution >= 0.6 is 0 Å². The summed E-state index contributed by atoms with van der Waals surface area (Å²) in [5.41, 5.74) is 2.05. The van der Waals surface area contributed by atoms with Crippen LogP contribution in [0.3, 0.4) is 0 Å². The van der Waals surface area contributed by atoms with Crippen molar-refractivity contribution >= 4 is 29.2 Å². The number of hydrogen-bond donors (Lipinski definition) is 1.